The second kappa shape index (κ2) is 13.4. The number of hydrogen-bond acceptors (Lipinski definition) is 9. The third-order valence-electron chi connectivity index (χ3n) is 5.24. The van der Waals surface area contributed by atoms with Crippen molar-refractivity contribution >= 4 is 56.5 Å². The summed E-state index contributed by atoms with van der Waals surface area (Å²) in [6.45, 7) is 4.02. The number of hydrogen-bond donors (Lipinski definition) is 2. The third-order valence-corrected chi connectivity index (χ3v) is 8.02. The molecule has 0 spiro atoms. The van der Waals surface area contributed by atoms with E-state index < -0.39 is 0 Å². The first kappa shape index (κ1) is 26.9. The molecule has 37 heavy (non-hydrogen) atoms. The van der Waals surface area contributed by atoms with Crippen LogP contribution in [0.1, 0.15) is 32.3 Å². The first-order chi connectivity index (χ1) is 17.9. The SMILES string of the molecule is Cc1cccc(CC(=O)Nc2nnc(CCSCCc3nnc(NC(=O)Cc4cccc(C)c4)s3)s2)c1. The van der Waals surface area contributed by atoms with Gasteiger partial charge in [-0.15, -0.1) is 20.4 Å². The minimum atomic E-state index is -0.0922. The molecule has 2 aromatic heterocycles. The summed E-state index contributed by atoms with van der Waals surface area (Å²) in [5.74, 6) is 1.60. The van der Waals surface area contributed by atoms with E-state index in [-0.39, 0.29) is 11.8 Å². The Kier molecular flexibility index (Phi) is 9.75. The largest absolute Gasteiger partial charge is 0.300 e. The molecule has 0 aliphatic carbocycles. The lowest BCUT2D eigenvalue weighted by molar-refractivity contribution is -0.116. The molecule has 0 aliphatic rings. The van der Waals surface area contributed by atoms with Gasteiger partial charge < -0.3 is 10.6 Å². The van der Waals surface area contributed by atoms with Crippen molar-refractivity contribution in [3.05, 3.63) is 80.8 Å². The van der Waals surface area contributed by atoms with Gasteiger partial charge in [-0.3, -0.25) is 9.59 Å². The van der Waals surface area contributed by atoms with E-state index in [1.807, 2.05) is 62.4 Å². The van der Waals surface area contributed by atoms with Gasteiger partial charge in [0.2, 0.25) is 22.1 Å². The van der Waals surface area contributed by atoms with Crippen LogP contribution in [-0.2, 0) is 35.3 Å². The number of amides is 2. The van der Waals surface area contributed by atoms with Crippen molar-refractivity contribution in [2.24, 2.45) is 0 Å². The minimum absolute atomic E-state index is 0.0922. The Morgan fingerprint density at radius 2 is 1.19 bits per heavy atom. The van der Waals surface area contributed by atoms with Crippen LogP contribution in [-0.4, -0.2) is 43.7 Å². The number of aryl methyl sites for hydroxylation is 4. The summed E-state index contributed by atoms with van der Waals surface area (Å²) >= 11 is 4.62. The van der Waals surface area contributed by atoms with Crippen LogP contribution in [0.3, 0.4) is 0 Å². The predicted molar refractivity (Wildman–Crippen MR) is 152 cm³/mol. The van der Waals surface area contributed by atoms with Crippen LogP contribution in [0, 0.1) is 13.8 Å². The Labute approximate surface area is 228 Å². The van der Waals surface area contributed by atoms with Crippen molar-refractivity contribution in [1.29, 1.82) is 0 Å². The van der Waals surface area contributed by atoms with E-state index in [0.717, 1.165) is 56.6 Å². The molecule has 11 heteroatoms. The fraction of sp³-hybridized carbons (Fsp3) is 0.308. The van der Waals surface area contributed by atoms with Crippen molar-refractivity contribution in [3.63, 3.8) is 0 Å². The molecule has 2 N–H and O–H groups in total. The zero-order valence-electron chi connectivity index (χ0n) is 20.7. The number of benzene rings is 2. The summed E-state index contributed by atoms with van der Waals surface area (Å²) in [4.78, 5) is 24.6. The molecule has 2 amide bonds. The van der Waals surface area contributed by atoms with Gasteiger partial charge in [0.15, 0.2) is 0 Å². The number of rotatable bonds is 12. The summed E-state index contributed by atoms with van der Waals surface area (Å²) in [5, 5.41) is 25.1. The molecule has 4 aromatic rings. The highest BCUT2D eigenvalue weighted by Gasteiger charge is 2.11. The molecular weight excluding hydrogens is 525 g/mol. The maximum Gasteiger partial charge on any atom is 0.230 e. The number of carbonyl (C=O) groups is 2. The number of nitrogens with zero attached hydrogens (tertiary/aromatic N) is 4. The number of carbonyl (C=O) groups excluding carboxylic acids is 2. The van der Waals surface area contributed by atoms with Crippen molar-refractivity contribution in [2.45, 2.75) is 39.5 Å². The molecule has 2 heterocycles. The highest BCUT2D eigenvalue weighted by Crippen LogP contribution is 2.20. The van der Waals surface area contributed by atoms with Crippen LogP contribution in [0.25, 0.3) is 0 Å². The van der Waals surface area contributed by atoms with Gasteiger partial charge in [-0.25, -0.2) is 0 Å². The van der Waals surface area contributed by atoms with Gasteiger partial charge >= 0.3 is 0 Å². The van der Waals surface area contributed by atoms with E-state index in [2.05, 4.69) is 31.0 Å². The zero-order valence-corrected chi connectivity index (χ0v) is 23.1. The van der Waals surface area contributed by atoms with Gasteiger partial charge in [0.05, 0.1) is 12.8 Å². The fourth-order valence-electron chi connectivity index (χ4n) is 3.57. The van der Waals surface area contributed by atoms with E-state index in [1.165, 1.54) is 22.7 Å². The molecule has 4 rings (SSSR count). The average Bonchev–Trinajstić information content (AvgIpc) is 3.48. The summed E-state index contributed by atoms with van der Waals surface area (Å²) in [5.41, 5.74) is 4.22. The number of thioether (sulfide) groups is 1. The van der Waals surface area contributed by atoms with Crippen LogP contribution in [0.2, 0.25) is 0 Å². The molecule has 0 saturated carbocycles. The molecular formula is C26H28N6O2S3. The van der Waals surface area contributed by atoms with Crippen molar-refractivity contribution < 1.29 is 9.59 Å². The maximum atomic E-state index is 12.3. The second-order valence-corrected chi connectivity index (χ2v) is 11.9. The lowest BCUT2D eigenvalue weighted by atomic mass is 10.1. The highest BCUT2D eigenvalue weighted by atomic mass is 32.2. The molecule has 0 atom stereocenters. The quantitative estimate of drug-likeness (QED) is 0.241. The zero-order chi connectivity index (χ0) is 26.0. The summed E-state index contributed by atoms with van der Waals surface area (Å²) in [6, 6.07) is 15.8. The molecule has 0 unspecified atom stereocenters. The number of aromatic nitrogens is 4. The van der Waals surface area contributed by atoms with Crippen LogP contribution in [0.15, 0.2) is 48.5 Å². The van der Waals surface area contributed by atoms with Crippen molar-refractivity contribution in [3.8, 4) is 0 Å². The Hall–Kier alpha value is -3.15. The van der Waals surface area contributed by atoms with E-state index in [1.54, 1.807) is 11.8 Å². The first-order valence-electron chi connectivity index (χ1n) is 11.9. The smallest absolute Gasteiger partial charge is 0.230 e. The van der Waals surface area contributed by atoms with Crippen LogP contribution in [0.4, 0.5) is 10.3 Å². The molecule has 0 radical (unpaired) electrons. The second-order valence-electron chi connectivity index (χ2n) is 8.54. The standard InChI is InChI=1S/C26H28N6O2S3/c1-17-5-3-7-19(13-17)15-21(33)27-25-31-29-23(36-25)9-11-35-12-10-24-30-32-26(37-24)28-22(34)16-20-8-4-6-18(2)14-20/h3-8,13-14H,9-12,15-16H2,1-2H3,(H,27,31,33)(H,28,32,34). The van der Waals surface area contributed by atoms with Crippen LogP contribution >= 0.6 is 34.4 Å². The fourth-order valence-corrected chi connectivity index (χ4v) is 6.22. The van der Waals surface area contributed by atoms with Gasteiger partial charge in [-0.1, -0.05) is 82.3 Å². The molecule has 192 valence electrons. The molecule has 8 nitrogen and oxygen atoms in total. The number of nitrogens with one attached hydrogen (secondary N) is 2. The number of anilines is 2. The summed E-state index contributed by atoms with van der Waals surface area (Å²) in [7, 11) is 0. The normalized spacial score (nSPS) is 10.9. The Morgan fingerprint density at radius 1 is 0.730 bits per heavy atom. The summed E-state index contributed by atoms with van der Waals surface area (Å²) in [6.07, 6.45) is 2.20. The highest BCUT2D eigenvalue weighted by molar-refractivity contribution is 7.99. The molecule has 0 bridgehead atoms. The predicted octanol–water partition coefficient (Wildman–Crippen LogP) is 4.89. The lowest BCUT2D eigenvalue weighted by Crippen LogP contribution is -2.14. The van der Waals surface area contributed by atoms with Crippen molar-refractivity contribution in [1.82, 2.24) is 20.4 Å². The lowest BCUT2D eigenvalue weighted by Gasteiger charge is -2.02. The molecule has 0 aliphatic heterocycles. The van der Waals surface area contributed by atoms with Gasteiger partial charge in [0.25, 0.3) is 0 Å². The van der Waals surface area contributed by atoms with Gasteiger partial charge in [0, 0.05) is 12.8 Å². The maximum absolute atomic E-state index is 12.3. The van der Waals surface area contributed by atoms with Gasteiger partial charge in [0.1, 0.15) is 10.0 Å². The molecule has 0 fully saturated rings. The van der Waals surface area contributed by atoms with E-state index in [4.69, 9.17) is 0 Å². The first-order valence-corrected chi connectivity index (χ1v) is 14.6. The monoisotopic (exact) mass is 552 g/mol. The van der Waals surface area contributed by atoms with Gasteiger partial charge in [-0.2, -0.15) is 11.8 Å². The van der Waals surface area contributed by atoms with Crippen LogP contribution < -0.4 is 10.6 Å². The summed E-state index contributed by atoms with van der Waals surface area (Å²) < 4.78 is 0. The van der Waals surface area contributed by atoms with Gasteiger partial charge in [-0.05, 0) is 36.5 Å². The molecule has 0 saturated heterocycles. The van der Waals surface area contributed by atoms with Crippen molar-refractivity contribution in [2.75, 3.05) is 22.1 Å². The van der Waals surface area contributed by atoms with E-state index in [9.17, 15) is 9.59 Å². The Balaban J connectivity index is 1.12. The Bertz CT molecular complexity index is 1250. The topological polar surface area (TPSA) is 110 Å². The van der Waals surface area contributed by atoms with Crippen LogP contribution in [0.5, 0.6) is 0 Å². The average molecular weight is 553 g/mol. The Morgan fingerprint density at radius 3 is 1.62 bits per heavy atom. The molecule has 2 aromatic carbocycles. The van der Waals surface area contributed by atoms with E-state index in [0.29, 0.717) is 23.1 Å². The third kappa shape index (κ3) is 9.03. The van der Waals surface area contributed by atoms with E-state index >= 15 is 0 Å². The minimum Gasteiger partial charge on any atom is -0.300 e.